The molecule has 2 unspecified atom stereocenters. The lowest BCUT2D eigenvalue weighted by molar-refractivity contribution is 0.194. The predicted octanol–water partition coefficient (Wildman–Crippen LogP) is 1.67. The van der Waals surface area contributed by atoms with Crippen LogP contribution in [0.4, 0.5) is 0 Å². The van der Waals surface area contributed by atoms with Gasteiger partial charge in [0.1, 0.15) is 0 Å². The zero-order valence-corrected chi connectivity index (χ0v) is 8.59. The molecule has 6 heteroatoms. The number of hydrogen-bond acceptors (Lipinski definition) is 4. The Morgan fingerprint density at radius 2 is 2.46 bits per heavy atom. The first-order chi connectivity index (χ1) is 6.20. The molecular formula is C7H13N5S. The van der Waals surface area contributed by atoms with Crippen molar-refractivity contribution in [3.8, 4) is 0 Å². The van der Waals surface area contributed by atoms with Crippen molar-refractivity contribution < 1.29 is 0 Å². The average Bonchev–Trinajstić information content (AvgIpc) is 2.12. The SMILES string of the molecule is CCN1N=CC(S)C(N=[N+]=[N-])[C@@H]1C. The van der Waals surface area contributed by atoms with E-state index >= 15 is 0 Å². The van der Waals surface area contributed by atoms with Crippen LogP contribution in [0.5, 0.6) is 0 Å². The Hall–Kier alpha value is -0.870. The van der Waals surface area contributed by atoms with Gasteiger partial charge in [-0.05, 0) is 19.4 Å². The van der Waals surface area contributed by atoms with E-state index in [0.717, 1.165) is 6.54 Å². The van der Waals surface area contributed by atoms with Gasteiger partial charge < -0.3 is 0 Å². The summed E-state index contributed by atoms with van der Waals surface area (Å²) in [6, 6.07) is -0.0146. The van der Waals surface area contributed by atoms with Gasteiger partial charge in [-0.3, -0.25) is 5.01 Å². The van der Waals surface area contributed by atoms with E-state index < -0.39 is 0 Å². The largest absolute Gasteiger partial charge is 0.294 e. The molecule has 72 valence electrons. The van der Waals surface area contributed by atoms with Crippen LogP contribution in [-0.2, 0) is 0 Å². The summed E-state index contributed by atoms with van der Waals surface area (Å²) >= 11 is 4.29. The molecule has 1 aliphatic heterocycles. The van der Waals surface area contributed by atoms with Gasteiger partial charge in [0.25, 0.3) is 0 Å². The molecular weight excluding hydrogens is 186 g/mol. The number of likely N-dealkylation sites (N-methyl/N-ethyl adjacent to an activating group) is 1. The van der Waals surface area contributed by atoms with Crippen molar-refractivity contribution in [2.45, 2.75) is 31.2 Å². The summed E-state index contributed by atoms with van der Waals surface area (Å²) in [6.45, 7) is 4.82. The second-order valence-electron chi connectivity index (χ2n) is 2.95. The summed E-state index contributed by atoms with van der Waals surface area (Å²) in [6.07, 6.45) is 1.71. The molecule has 1 aliphatic rings. The van der Waals surface area contributed by atoms with E-state index in [1.807, 2.05) is 18.9 Å². The van der Waals surface area contributed by atoms with E-state index in [9.17, 15) is 0 Å². The Balaban J connectivity index is 2.83. The highest BCUT2D eigenvalue weighted by Gasteiger charge is 2.29. The monoisotopic (exact) mass is 199 g/mol. The van der Waals surface area contributed by atoms with Crippen LogP contribution in [0.1, 0.15) is 13.8 Å². The molecule has 0 aliphatic carbocycles. The zero-order chi connectivity index (χ0) is 9.84. The Morgan fingerprint density at radius 1 is 1.77 bits per heavy atom. The maximum Gasteiger partial charge on any atom is 0.0758 e. The predicted molar refractivity (Wildman–Crippen MR) is 56.0 cm³/mol. The molecule has 0 bridgehead atoms. The standard InChI is InChI=1S/C7H13N5S/c1-3-12-5(2)7(10-11-8)6(13)4-9-12/h4-7,13H,3H2,1-2H3/t5-,6?,7?/m0/s1. The molecule has 1 rings (SSSR count). The van der Waals surface area contributed by atoms with Gasteiger partial charge in [0, 0.05) is 22.9 Å². The van der Waals surface area contributed by atoms with Crippen LogP contribution in [-0.4, -0.2) is 35.1 Å². The number of rotatable bonds is 2. The first kappa shape index (κ1) is 10.2. The number of hydrogen-bond donors (Lipinski definition) is 1. The molecule has 3 atom stereocenters. The molecule has 0 spiro atoms. The third-order valence-electron chi connectivity index (χ3n) is 2.19. The summed E-state index contributed by atoms with van der Waals surface area (Å²) in [5, 5.41) is 9.73. The third kappa shape index (κ3) is 2.08. The molecule has 5 nitrogen and oxygen atoms in total. The topological polar surface area (TPSA) is 64.4 Å². The Kier molecular flexibility index (Phi) is 3.45. The van der Waals surface area contributed by atoms with E-state index in [1.165, 1.54) is 0 Å². The highest BCUT2D eigenvalue weighted by molar-refractivity contribution is 7.81. The Bertz CT molecular complexity index is 247. The second-order valence-corrected chi connectivity index (χ2v) is 3.54. The molecule has 0 aromatic carbocycles. The maximum atomic E-state index is 8.37. The van der Waals surface area contributed by atoms with Gasteiger partial charge in [-0.15, -0.1) is 0 Å². The summed E-state index contributed by atoms with van der Waals surface area (Å²) in [7, 11) is 0. The molecule has 0 saturated carbocycles. The van der Waals surface area contributed by atoms with E-state index in [0.29, 0.717) is 0 Å². The van der Waals surface area contributed by atoms with Crippen LogP contribution >= 0.6 is 12.6 Å². The van der Waals surface area contributed by atoms with Gasteiger partial charge >= 0.3 is 0 Å². The molecule has 0 radical (unpaired) electrons. The molecule has 0 aromatic heterocycles. The molecule has 0 amide bonds. The van der Waals surface area contributed by atoms with E-state index in [1.54, 1.807) is 6.21 Å². The molecule has 0 saturated heterocycles. The molecule has 0 N–H and O–H groups in total. The summed E-state index contributed by atoms with van der Waals surface area (Å²) in [5.74, 6) is 0. The summed E-state index contributed by atoms with van der Waals surface area (Å²) in [5.41, 5.74) is 8.37. The van der Waals surface area contributed by atoms with Crippen LogP contribution in [0.25, 0.3) is 10.4 Å². The van der Waals surface area contributed by atoms with Crippen LogP contribution in [0, 0.1) is 0 Å². The van der Waals surface area contributed by atoms with E-state index in [-0.39, 0.29) is 17.3 Å². The van der Waals surface area contributed by atoms with Crippen LogP contribution in [0.15, 0.2) is 10.2 Å². The summed E-state index contributed by atoms with van der Waals surface area (Å²) < 4.78 is 0. The smallest absolute Gasteiger partial charge is 0.0758 e. The van der Waals surface area contributed by atoms with Gasteiger partial charge in [-0.2, -0.15) is 17.7 Å². The fraction of sp³-hybridized carbons (Fsp3) is 0.857. The van der Waals surface area contributed by atoms with Gasteiger partial charge in [-0.1, -0.05) is 5.11 Å². The highest BCUT2D eigenvalue weighted by Crippen LogP contribution is 2.19. The Labute approximate surface area is 82.8 Å². The molecule has 0 fully saturated rings. The lowest BCUT2D eigenvalue weighted by Gasteiger charge is -2.35. The first-order valence-corrected chi connectivity index (χ1v) is 4.75. The number of thiol groups is 1. The van der Waals surface area contributed by atoms with Crippen LogP contribution in [0.3, 0.4) is 0 Å². The van der Waals surface area contributed by atoms with Crippen LogP contribution < -0.4 is 0 Å². The van der Waals surface area contributed by atoms with E-state index in [2.05, 4.69) is 27.8 Å². The van der Waals surface area contributed by atoms with Gasteiger partial charge in [0.05, 0.1) is 12.1 Å². The summed E-state index contributed by atoms with van der Waals surface area (Å²) in [4.78, 5) is 2.82. The zero-order valence-electron chi connectivity index (χ0n) is 7.70. The average molecular weight is 199 g/mol. The van der Waals surface area contributed by atoms with Gasteiger partial charge in [0.15, 0.2) is 0 Å². The maximum absolute atomic E-state index is 8.37. The van der Waals surface area contributed by atoms with Crippen molar-refractivity contribution in [1.29, 1.82) is 0 Å². The first-order valence-electron chi connectivity index (χ1n) is 4.23. The molecule has 1 heterocycles. The lowest BCUT2D eigenvalue weighted by Crippen LogP contribution is -2.46. The minimum absolute atomic E-state index is 0.0753. The third-order valence-corrected chi connectivity index (χ3v) is 2.63. The second kappa shape index (κ2) is 4.39. The minimum atomic E-state index is -0.134. The van der Waals surface area contributed by atoms with Crippen molar-refractivity contribution in [1.82, 2.24) is 5.01 Å². The van der Waals surface area contributed by atoms with Crippen molar-refractivity contribution in [3.05, 3.63) is 10.4 Å². The fourth-order valence-corrected chi connectivity index (χ4v) is 1.77. The minimum Gasteiger partial charge on any atom is -0.294 e. The number of hydrazone groups is 1. The number of nitrogens with zero attached hydrogens (tertiary/aromatic N) is 5. The fourth-order valence-electron chi connectivity index (χ4n) is 1.40. The van der Waals surface area contributed by atoms with Gasteiger partial charge in [0.2, 0.25) is 0 Å². The van der Waals surface area contributed by atoms with E-state index in [4.69, 9.17) is 5.53 Å². The van der Waals surface area contributed by atoms with Crippen molar-refractivity contribution in [3.63, 3.8) is 0 Å². The van der Waals surface area contributed by atoms with Crippen LogP contribution in [0.2, 0.25) is 0 Å². The molecule has 13 heavy (non-hydrogen) atoms. The van der Waals surface area contributed by atoms with Crippen molar-refractivity contribution in [2.75, 3.05) is 6.54 Å². The Morgan fingerprint density at radius 3 is 3.00 bits per heavy atom. The quantitative estimate of drug-likeness (QED) is 0.312. The lowest BCUT2D eigenvalue weighted by atomic mass is 10.1. The van der Waals surface area contributed by atoms with Crippen molar-refractivity contribution >= 4 is 18.8 Å². The van der Waals surface area contributed by atoms with Gasteiger partial charge in [-0.25, -0.2) is 0 Å². The normalized spacial score (nSPS) is 32.8. The number of azide groups is 1. The van der Waals surface area contributed by atoms with Crippen molar-refractivity contribution in [2.24, 2.45) is 10.2 Å². The highest BCUT2D eigenvalue weighted by atomic mass is 32.1. The molecule has 0 aromatic rings.